The molecule has 1 aliphatic carbocycles. The van der Waals surface area contributed by atoms with Gasteiger partial charge in [0.05, 0.1) is 6.26 Å². The number of nitrogens with one attached hydrogen (secondary N) is 2. The molecule has 1 atom stereocenters. The number of amides is 1. The van der Waals surface area contributed by atoms with Crippen molar-refractivity contribution in [2.24, 2.45) is 5.92 Å². The van der Waals surface area contributed by atoms with Crippen LogP contribution in [0.1, 0.15) is 50.5 Å². The van der Waals surface area contributed by atoms with Gasteiger partial charge in [-0.05, 0) is 38.5 Å². The van der Waals surface area contributed by atoms with Crippen molar-refractivity contribution in [3.8, 4) is 0 Å². The summed E-state index contributed by atoms with van der Waals surface area (Å²) in [4.78, 5) is 21.4. The lowest BCUT2D eigenvalue weighted by Gasteiger charge is -2.31. The minimum Gasteiger partial charge on any atom is -0.356 e. The number of carbonyl (C=O) groups is 1. The molecule has 0 radical (unpaired) electrons. The van der Waals surface area contributed by atoms with Crippen LogP contribution in [0.4, 0.5) is 11.8 Å². The van der Waals surface area contributed by atoms with Crippen LogP contribution in [0.15, 0.2) is 6.20 Å². The molecule has 0 aromatic carbocycles. The molecule has 1 saturated carbocycles. The number of sulfonamides is 1. The van der Waals surface area contributed by atoms with E-state index < -0.39 is 31.5 Å². The number of halogens is 1. The summed E-state index contributed by atoms with van der Waals surface area (Å²) in [5.74, 6) is 1.11. The Morgan fingerprint density at radius 3 is 2.53 bits per heavy atom. The number of piperidine rings is 1. The van der Waals surface area contributed by atoms with Gasteiger partial charge in [0.15, 0.2) is 0 Å². The first-order valence-corrected chi connectivity index (χ1v) is 15.0. The van der Waals surface area contributed by atoms with E-state index >= 15 is 0 Å². The molecule has 4 rings (SSSR count). The lowest BCUT2D eigenvalue weighted by Crippen LogP contribution is -2.42. The fourth-order valence-corrected chi connectivity index (χ4v) is 7.17. The van der Waals surface area contributed by atoms with Gasteiger partial charge in [-0.15, -0.1) is 0 Å². The second kappa shape index (κ2) is 10.2. The number of aromatic nitrogens is 2. The van der Waals surface area contributed by atoms with Crippen LogP contribution in [-0.2, 0) is 24.3 Å². The predicted molar refractivity (Wildman–Crippen MR) is 129 cm³/mol. The molecule has 0 unspecified atom stereocenters. The van der Waals surface area contributed by atoms with Gasteiger partial charge in [0.2, 0.25) is 21.9 Å². The highest BCUT2D eigenvalue weighted by Crippen LogP contribution is 2.35. The third kappa shape index (κ3) is 5.56. The number of hydrogen-bond acceptors (Lipinski definition) is 7. The number of carbonyl (C=O) groups excluding carboxylic acids is 1. The average Bonchev–Trinajstić information content (AvgIpc) is 3.43. The third-order valence-electron chi connectivity index (χ3n) is 6.65. The Kier molecular flexibility index (Phi) is 7.60. The highest BCUT2D eigenvalue weighted by Gasteiger charge is 2.31. The maximum absolute atomic E-state index is 12.3. The Balaban J connectivity index is 1.53. The van der Waals surface area contributed by atoms with Gasteiger partial charge in [0, 0.05) is 49.4 Å². The van der Waals surface area contributed by atoms with Gasteiger partial charge >= 0.3 is 0 Å². The van der Waals surface area contributed by atoms with Crippen molar-refractivity contribution in [3.63, 3.8) is 0 Å². The standard InChI is InChI=1S/C20H31IN6O4S/c1-32(30,31)26-10-7-16(8-11-26)24-20-23-13-15(12-14-6-9-22-19(14)28)18(25-20)27(21-29)17-4-2-3-5-17/h13-14,16-17H,2-12H2,1H3,(H,22,28)(H,23,24,25)/t14-/m0/s1. The Bertz CT molecular complexity index is 947. The Hall–Kier alpha value is -1.41. The van der Waals surface area contributed by atoms with Crippen LogP contribution in [0.2, 0.25) is 0 Å². The van der Waals surface area contributed by atoms with E-state index in [1.165, 1.54) is 10.6 Å². The Labute approximate surface area is 200 Å². The number of rotatable bonds is 8. The van der Waals surface area contributed by atoms with Crippen molar-refractivity contribution in [1.29, 1.82) is 0 Å². The van der Waals surface area contributed by atoms with Gasteiger partial charge in [-0.25, -0.2) is 20.8 Å². The molecule has 1 aromatic heterocycles. The van der Waals surface area contributed by atoms with E-state index in [0.29, 0.717) is 50.7 Å². The molecule has 3 heterocycles. The first kappa shape index (κ1) is 23.7. The van der Waals surface area contributed by atoms with E-state index in [0.717, 1.165) is 37.7 Å². The van der Waals surface area contributed by atoms with E-state index in [2.05, 4.69) is 15.6 Å². The zero-order chi connectivity index (χ0) is 22.7. The molecule has 2 aliphatic heterocycles. The minimum absolute atomic E-state index is 0.0556. The van der Waals surface area contributed by atoms with Crippen molar-refractivity contribution in [1.82, 2.24) is 19.6 Å². The van der Waals surface area contributed by atoms with Crippen LogP contribution in [0.3, 0.4) is 0 Å². The molecule has 0 bridgehead atoms. The zero-order valence-electron chi connectivity index (χ0n) is 18.3. The highest BCUT2D eigenvalue weighted by atomic mass is 127. The van der Waals surface area contributed by atoms with Crippen molar-refractivity contribution in [2.45, 2.75) is 63.5 Å². The van der Waals surface area contributed by atoms with Crippen LogP contribution < -0.4 is 13.7 Å². The monoisotopic (exact) mass is 578 g/mol. The van der Waals surface area contributed by atoms with E-state index in [1.54, 1.807) is 6.20 Å². The van der Waals surface area contributed by atoms with Gasteiger partial charge in [-0.3, -0.25) is 7.91 Å². The van der Waals surface area contributed by atoms with Gasteiger partial charge in [0.25, 0.3) is 21.5 Å². The molecule has 3 aliphatic rings. The molecule has 2 saturated heterocycles. The van der Waals surface area contributed by atoms with Gasteiger partial charge in [-0.1, -0.05) is 12.8 Å². The maximum atomic E-state index is 12.3. The SMILES string of the molecule is CS(=O)(=O)N1CCC(Nc2ncc(C[C@@H]3CCNC3=O)c(N(I=O)C3CCCC3)n2)CC1. The summed E-state index contributed by atoms with van der Waals surface area (Å²) in [6, 6.07) is 0.298. The summed E-state index contributed by atoms with van der Waals surface area (Å²) in [7, 11) is -3.17. The molecule has 3 fully saturated rings. The molecule has 10 nitrogen and oxygen atoms in total. The smallest absolute Gasteiger partial charge is 0.275 e. The van der Waals surface area contributed by atoms with Crippen molar-refractivity contribution in [3.05, 3.63) is 11.8 Å². The topological polar surface area (TPSA) is 125 Å². The fraction of sp³-hybridized carbons (Fsp3) is 0.750. The number of hydrogen-bond donors (Lipinski definition) is 2. The maximum Gasteiger partial charge on any atom is 0.275 e. The summed E-state index contributed by atoms with van der Waals surface area (Å²) >= 11 is -1.46. The molecular weight excluding hydrogens is 547 g/mol. The minimum atomic E-state index is -3.17. The van der Waals surface area contributed by atoms with Crippen molar-refractivity contribution < 1.29 is 16.3 Å². The van der Waals surface area contributed by atoms with E-state index in [9.17, 15) is 16.3 Å². The van der Waals surface area contributed by atoms with Crippen LogP contribution >= 0.6 is 21.5 Å². The van der Waals surface area contributed by atoms with E-state index in [4.69, 9.17) is 4.98 Å². The third-order valence-corrected chi connectivity index (χ3v) is 9.62. The lowest BCUT2D eigenvalue weighted by atomic mass is 9.99. The van der Waals surface area contributed by atoms with E-state index in [-0.39, 0.29) is 23.9 Å². The second-order valence-electron chi connectivity index (χ2n) is 8.92. The summed E-state index contributed by atoms with van der Waals surface area (Å²) < 4.78 is 39.3. The van der Waals surface area contributed by atoms with Gasteiger partial charge < -0.3 is 10.6 Å². The number of nitrogens with zero attached hydrogens (tertiary/aromatic N) is 4. The van der Waals surface area contributed by atoms with Crippen LogP contribution in [0, 0.1) is 5.92 Å². The van der Waals surface area contributed by atoms with Gasteiger partial charge in [-0.2, -0.15) is 4.98 Å². The molecule has 1 aromatic rings. The van der Waals surface area contributed by atoms with E-state index in [1.807, 2.05) is 3.11 Å². The second-order valence-corrected chi connectivity index (χ2v) is 12.3. The molecule has 32 heavy (non-hydrogen) atoms. The average molecular weight is 578 g/mol. The molecular formula is C20H31IN6O4S. The lowest BCUT2D eigenvalue weighted by molar-refractivity contribution is -0.122. The molecule has 12 heteroatoms. The molecule has 2 N–H and O–H groups in total. The first-order valence-electron chi connectivity index (χ1n) is 11.3. The van der Waals surface area contributed by atoms with Gasteiger partial charge in [0.1, 0.15) is 5.82 Å². The first-order chi connectivity index (χ1) is 15.3. The highest BCUT2D eigenvalue weighted by molar-refractivity contribution is 14.1. The largest absolute Gasteiger partial charge is 0.356 e. The summed E-state index contributed by atoms with van der Waals surface area (Å²) in [6.07, 6.45) is 9.94. The van der Waals surface area contributed by atoms with Crippen molar-refractivity contribution >= 4 is 49.2 Å². The molecule has 178 valence electrons. The summed E-state index contributed by atoms with van der Waals surface area (Å²) in [6.45, 7) is 1.63. The Morgan fingerprint density at radius 2 is 1.94 bits per heavy atom. The normalized spacial score (nSPS) is 23.4. The summed E-state index contributed by atoms with van der Waals surface area (Å²) in [5, 5.41) is 6.23. The van der Waals surface area contributed by atoms with Crippen LogP contribution in [-0.4, -0.2) is 66.6 Å². The fourth-order valence-electron chi connectivity index (χ4n) is 4.81. The Morgan fingerprint density at radius 1 is 1.22 bits per heavy atom. The van der Waals surface area contributed by atoms with Crippen LogP contribution in [0.5, 0.6) is 0 Å². The zero-order valence-corrected chi connectivity index (χ0v) is 21.3. The predicted octanol–water partition coefficient (Wildman–Crippen LogP) is 1.97. The molecule has 0 spiro atoms. The quantitative estimate of drug-likeness (QED) is 0.355. The summed E-state index contributed by atoms with van der Waals surface area (Å²) in [5.41, 5.74) is 0.868. The van der Waals surface area contributed by atoms with Crippen LogP contribution in [0.25, 0.3) is 0 Å². The van der Waals surface area contributed by atoms with Crippen molar-refractivity contribution in [2.75, 3.05) is 34.3 Å². The number of anilines is 2. The molecule has 1 amide bonds.